The molecule has 0 saturated carbocycles. The van der Waals surface area contributed by atoms with Crippen LogP contribution in [-0.4, -0.2) is 49.1 Å². The SMILES string of the molecule is NCCN1CCN(Cc2ccc(-c3cccc(F)c3)s2)CC1. The van der Waals surface area contributed by atoms with Gasteiger partial charge in [-0.2, -0.15) is 0 Å². The quantitative estimate of drug-likeness (QED) is 0.919. The average molecular weight is 319 g/mol. The molecule has 0 spiro atoms. The standard InChI is InChI=1S/C17H22FN3S/c18-15-3-1-2-14(12-15)17-5-4-16(22-17)13-21-10-8-20(7-6-19)9-11-21/h1-5,12H,6-11,13,19H2. The summed E-state index contributed by atoms with van der Waals surface area (Å²) in [5.41, 5.74) is 6.57. The Balaban J connectivity index is 1.58. The van der Waals surface area contributed by atoms with E-state index in [1.54, 1.807) is 23.5 Å². The molecule has 1 aliphatic heterocycles. The van der Waals surface area contributed by atoms with Crippen LogP contribution in [0.1, 0.15) is 4.88 Å². The molecule has 1 aromatic heterocycles. The van der Waals surface area contributed by atoms with E-state index in [4.69, 9.17) is 5.73 Å². The van der Waals surface area contributed by atoms with Gasteiger partial charge < -0.3 is 5.73 Å². The summed E-state index contributed by atoms with van der Waals surface area (Å²) in [4.78, 5) is 7.37. The Morgan fingerprint density at radius 1 is 1.05 bits per heavy atom. The Kier molecular flexibility index (Phi) is 5.20. The Hall–Kier alpha value is -1.27. The monoisotopic (exact) mass is 319 g/mol. The normalized spacial score (nSPS) is 17.0. The number of halogens is 1. The molecule has 1 aromatic carbocycles. The van der Waals surface area contributed by atoms with Crippen molar-refractivity contribution in [1.82, 2.24) is 9.80 Å². The van der Waals surface area contributed by atoms with Gasteiger partial charge in [-0.15, -0.1) is 11.3 Å². The second kappa shape index (κ2) is 7.33. The Labute approximate surface area is 135 Å². The van der Waals surface area contributed by atoms with Crippen molar-refractivity contribution in [3.63, 3.8) is 0 Å². The molecule has 0 bridgehead atoms. The fourth-order valence-corrected chi connectivity index (χ4v) is 3.88. The first kappa shape index (κ1) is 15.6. The third-order valence-corrected chi connectivity index (χ3v) is 5.18. The van der Waals surface area contributed by atoms with Crippen LogP contribution in [0.25, 0.3) is 10.4 Å². The highest BCUT2D eigenvalue weighted by atomic mass is 32.1. The summed E-state index contributed by atoms with van der Waals surface area (Å²) >= 11 is 1.76. The molecule has 0 aliphatic carbocycles. The highest BCUT2D eigenvalue weighted by molar-refractivity contribution is 7.15. The van der Waals surface area contributed by atoms with Crippen LogP contribution >= 0.6 is 11.3 Å². The van der Waals surface area contributed by atoms with Crippen LogP contribution in [0.5, 0.6) is 0 Å². The van der Waals surface area contributed by atoms with Gasteiger partial charge in [-0.05, 0) is 29.8 Å². The summed E-state index contributed by atoms with van der Waals surface area (Å²) in [6.45, 7) is 7.09. The summed E-state index contributed by atoms with van der Waals surface area (Å²) in [6.07, 6.45) is 0. The first-order valence-electron chi connectivity index (χ1n) is 7.74. The number of rotatable bonds is 5. The van der Waals surface area contributed by atoms with Crippen molar-refractivity contribution in [1.29, 1.82) is 0 Å². The number of benzene rings is 1. The van der Waals surface area contributed by atoms with Gasteiger partial charge in [0.1, 0.15) is 5.82 Å². The summed E-state index contributed by atoms with van der Waals surface area (Å²) in [5, 5.41) is 0. The van der Waals surface area contributed by atoms with Crippen LogP contribution in [0.3, 0.4) is 0 Å². The van der Waals surface area contributed by atoms with E-state index in [9.17, 15) is 4.39 Å². The smallest absolute Gasteiger partial charge is 0.123 e. The first-order valence-corrected chi connectivity index (χ1v) is 8.55. The van der Waals surface area contributed by atoms with Gasteiger partial charge >= 0.3 is 0 Å². The van der Waals surface area contributed by atoms with Crippen LogP contribution < -0.4 is 5.73 Å². The highest BCUT2D eigenvalue weighted by Crippen LogP contribution is 2.29. The molecule has 0 unspecified atom stereocenters. The molecule has 2 heterocycles. The summed E-state index contributed by atoms with van der Waals surface area (Å²) < 4.78 is 13.3. The van der Waals surface area contributed by atoms with E-state index in [0.717, 1.165) is 56.3 Å². The lowest BCUT2D eigenvalue weighted by Crippen LogP contribution is -2.47. The number of nitrogens with two attached hydrogens (primary N) is 1. The van der Waals surface area contributed by atoms with Crippen LogP contribution in [0.2, 0.25) is 0 Å². The van der Waals surface area contributed by atoms with E-state index in [0.29, 0.717) is 0 Å². The maximum atomic E-state index is 13.3. The van der Waals surface area contributed by atoms with Gasteiger partial charge in [0, 0.05) is 55.6 Å². The van der Waals surface area contributed by atoms with Crippen molar-refractivity contribution in [2.24, 2.45) is 5.73 Å². The van der Waals surface area contributed by atoms with Crippen LogP contribution in [0, 0.1) is 5.82 Å². The molecule has 3 rings (SSSR count). The highest BCUT2D eigenvalue weighted by Gasteiger charge is 2.17. The van der Waals surface area contributed by atoms with Crippen molar-refractivity contribution < 1.29 is 4.39 Å². The molecule has 1 saturated heterocycles. The Morgan fingerprint density at radius 3 is 2.55 bits per heavy atom. The molecular formula is C17H22FN3S. The third kappa shape index (κ3) is 3.93. The van der Waals surface area contributed by atoms with E-state index in [1.165, 1.54) is 10.9 Å². The fraction of sp³-hybridized carbons (Fsp3) is 0.412. The number of piperazine rings is 1. The van der Waals surface area contributed by atoms with Crippen molar-refractivity contribution in [3.8, 4) is 10.4 Å². The number of thiophene rings is 1. The third-order valence-electron chi connectivity index (χ3n) is 4.06. The zero-order valence-corrected chi connectivity index (χ0v) is 13.5. The van der Waals surface area contributed by atoms with Crippen LogP contribution in [0.4, 0.5) is 4.39 Å². The number of hydrogen-bond acceptors (Lipinski definition) is 4. The second-order valence-electron chi connectivity index (χ2n) is 5.68. The van der Waals surface area contributed by atoms with E-state index >= 15 is 0 Å². The van der Waals surface area contributed by atoms with Gasteiger partial charge in [0.05, 0.1) is 0 Å². The van der Waals surface area contributed by atoms with E-state index < -0.39 is 0 Å². The van der Waals surface area contributed by atoms with Gasteiger partial charge in [0.25, 0.3) is 0 Å². The zero-order chi connectivity index (χ0) is 15.4. The lowest BCUT2D eigenvalue weighted by molar-refractivity contribution is 0.130. The molecule has 0 amide bonds. The molecular weight excluding hydrogens is 297 g/mol. The molecule has 3 nitrogen and oxygen atoms in total. The number of nitrogens with zero attached hydrogens (tertiary/aromatic N) is 2. The van der Waals surface area contributed by atoms with Gasteiger partial charge in [0.2, 0.25) is 0 Å². The van der Waals surface area contributed by atoms with Gasteiger partial charge in [0.15, 0.2) is 0 Å². The molecule has 118 valence electrons. The average Bonchev–Trinajstić information content (AvgIpc) is 2.98. The second-order valence-corrected chi connectivity index (χ2v) is 6.85. The molecule has 1 aliphatic rings. The minimum atomic E-state index is -0.177. The molecule has 22 heavy (non-hydrogen) atoms. The molecule has 0 radical (unpaired) electrons. The van der Waals surface area contributed by atoms with Crippen LogP contribution in [-0.2, 0) is 6.54 Å². The Morgan fingerprint density at radius 2 is 1.82 bits per heavy atom. The van der Waals surface area contributed by atoms with Crippen LogP contribution in [0.15, 0.2) is 36.4 Å². The van der Waals surface area contributed by atoms with E-state index in [-0.39, 0.29) is 5.82 Å². The van der Waals surface area contributed by atoms with E-state index in [1.807, 2.05) is 6.07 Å². The fourth-order valence-electron chi connectivity index (χ4n) is 2.83. The summed E-state index contributed by atoms with van der Waals surface area (Å²) in [6, 6.07) is 11.1. The van der Waals surface area contributed by atoms with Gasteiger partial charge in [-0.25, -0.2) is 4.39 Å². The lowest BCUT2D eigenvalue weighted by Gasteiger charge is -2.34. The molecule has 2 aromatic rings. The maximum Gasteiger partial charge on any atom is 0.123 e. The molecule has 2 N–H and O–H groups in total. The number of hydrogen-bond donors (Lipinski definition) is 1. The van der Waals surface area contributed by atoms with Gasteiger partial charge in [-0.1, -0.05) is 12.1 Å². The first-order chi connectivity index (χ1) is 10.7. The summed E-state index contributed by atoms with van der Waals surface area (Å²) in [5.74, 6) is -0.177. The van der Waals surface area contributed by atoms with Gasteiger partial charge in [-0.3, -0.25) is 9.80 Å². The topological polar surface area (TPSA) is 32.5 Å². The largest absolute Gasteiger partial charge is 0.329 e. The van der Waals surface area contributed by atoms with Crippen molar-refractivity contribution in [2.45, 2.75) is 6.54 Å². The minimum Gasteiger partial charge on any atom is -0.329 e. The molecule has 0 atom stereocenters. The van der Waals surface area contributed by atoms with Crippen molar-refractivity contribution in [2.75, 3.05) is 39.3 Å². The van der Waals surface area contributed by atoms with Crippen molar-refractivity contribution >= 4 is 11.3 Å². The van der Waals surface area contributed by atoms with Crippen molar-refractivity contribution in [3.05, 3.63) is 47.1 Å². The molecule has 5 heteroatoms. The predicted octanol–water partition coefficient (Wildman–Crippen LogP) is 2.63. The molecule has 1 fully saturated rings. The maximum absolute atomic E-state index is 13.3. The Bertz CT molecular complexity index is 605. The van der Waals surface area contributed by atoms with E-state index in [2.05, 4.69) is 21.9 Å². The lowest BCUT2D eigenvalue weighted by atomic mass is 10.2. The minimum absolute atomic E-state index is 0.177. The zero-order valence-electron chi connectivity index (χ0n) is 12.7. The summed E-state index contributed by atoms with van der Waals surface area (Å²) in [7, 11) is 0. The predicted molar refractivity (Wildman–Crippen MR) is 90.5 cm³/mol.